The molecule has 0 rings (SSSR count). The summed E-state index contributed by atoms with van der Waals surface area (Å²) in [7, 11) is 0. The molecule has 0 aliphatic rings. The highest BCUT2D eigenvalue weighted by atomic mass is 16.7. The van der Waals surface area contributed by atoms with Crippen molar-refractivity contribution in [1.29, 1.82) is 0 Å². The van der Waals surface area contributed by atoms with Crippen LogP contribution in [0.3, 0.4) is 0 Å². The first kappa shape index (κ1) is 12.7. The van der Waals surface area contributed by atoms with E-state index in [1.54, 1.807) is 0 Å². The molecule has 0 bridgehead atoms. The number of amides is 1. The molecule has 1 N–H and O–H groups in total. The van der Waals surface area contributed by atoms with Gasteiger partial charge in [0.25, 0.3) is 0 Å². The first-order valence-corrected chi connectivity index (χ1v) is 4.83. The molecule has 0 saturated heterocycles. The van der Waals surface area contributed by atoms with Gasteiger partial charge in [0.2, 0.25) is 0 Å². The average Bonchev–Trinajstić information content (AvgIpc) is 2.16. The summed E-state index contributed by atoms with van der Waals surface area (Å²) >= 11 is 0. The lowest BCUT2D eigenvalue weighted by Gasteiger charge is -2.05. The fourth-order valence-electron chi connectivity index (χ4n) is 0.692. The summed E-state index contributed by atoms with van der Waals surface area (Å²) in [6.45, 7) is 4.18. The maximum absolute atomic E-state index is 10.8. The molecule has 82 valence electrons. The number of ether oxygens (including phenoxy) is 1. The maximum Gasteiger partial charge on any atom is 0.440 e. The molecule has 0 aliphatic carbocycles. The number of hydrogen-bond acceptors (Lipinski definition) is 4. The Morgan fingerprint density at radius 2 is 1.93 bits per heavy atom. The summed E-state index contributed by atoms with van der Waals surface area (Å²) in [5.74, 6) is -0.458. The predicted octanol–water partition coefficient (Wildman–Crippen LogP) is 1.77. The molecule has 0 fully saturated rings. The van der Waals surface area contributed by atoms with Gasteiger partial charge in [-0.25, -0.2) is 9.59 Å². The van der Waals surface area contributed by atoms with Gasteiger partial charge in [0.15, 0.2) is 0 Å². The number of carbonyl (C=O) groups excluding carboxylic acids is 2. The van der Waals surface area contributed by atoms with Gasteiger partial charge in [-0.3, -0.25) is 0 Å². The van der Waals surface area contributed by atoms with Gasteiger partial charge in [-0.15, -0.1) is 5.48 Å². The third-order valence-corrected chi connectivity index (χ3v) is 1.43. The van der Waals surface area contributed by atoms with E-state index < -0.39 is 12.1 Å². The van der Waals surface area contributed by atoms with Crippen LogP contribution >= 0.6 is 0 Å². The fourth-order valence-corrected chi connectivity index (χ4v) is 0.692. The smallest absolute Gasteiger partial charge is 0.440 e. The molecule has 0 aliphatic heterocycles. The lowest BCUT2D eigenvalue weighted by molar-refractivity contribution is -0.149. The molecule has 0 radical (unpaired) electrons. The van der Waals surface area contributed by atoms with Gasteiger partial charge in [0.1, 0.15) is 0 Å². The summed E-state index contributed by atoms with van der Waals surface area (Å²) < 4.78 is 4.68. The van der Waals surface area contributed by atoms with E-state index in [0.717, 1.165) is 12.8 Å². The average molecular weight is 203 g/mol. The van der Waals surface area contributed by atoms with Gasteiger partial charge < -0.3 is 9.57 Å². The molecule has 0 aromatic rings. The normalized spacial score (nSPS) is 9.29. The van der Waals surface area contributed by atoms with Crippen molar-refractivity contribution >= 4 is 12.1 Å². The van der Waals surface area contributed by atoms with Crippen molar-refractivity contribution < 1.29 is 19.2 Å². The lowest BCUT2D eigenvalue weighted by atomic mass is 10.3. The second-order valence-electron chi connectivity index (χ2n) is 2.82. The van der Waals surface area contributed by atoms with E-state index in [-0.39, 0.29) is 6.42 Å². The highest BCUT2D eigenvalue weighted by Gasteiger charge is 2.05. The Morgan fingerprint density at radius 3 is 2.50 bits per heavy atom. The number of hydrogen-bond donors (Lipinski definition) is 1. The van der Waals surface area contributed by atoms with Crippen LogP contribution < -0.4 is 5.48 Å². The molecule has 5 nitrogen and oxygen atoms in total. The Morgan fingerprint density at radius 1 is 1.21 bits per heavy atom. The highest BCUT2D eigenvalue weighted by molar-refractivity contribution is 5.72. The molecular weight excluding hydrogens is 186 g/mol. The SMILES string of the molecule is CCCCOC(=O)NOC(=O)CCC. The van der Waals surface area contributed by atoms with E-state index in [9.17, 15) is 9.59 Å². The predicted molar refractivity (Wildman–Crippen MR) is 50.4 cm³/mol. The highest BCUT2D eigenvalue weighted by Crippen LogP contribution is 1.91. The minimum atomic E-state index is -0.720. The van der Waals surface area contributed by atoms with Gasteiger partial charge in [-0.2, -0.15) is 0 Å². The zero-order chi connectivity index (χ0) is 10.8. The molecule has 0 aromatic carbocycles. The van der Waals surface area contributed by atoms with Crippen LogP contribution in [0, 0.1) is 0 Å². The number of rotatable bonds is 5. The zero-order valence-corrected chi connectivity index (χ0v) is 8.67. The molecule has 5 heteroatoms. The van der Waals surface area contributed by atoms with Gasteiger partial charge in [0, 0.05) is 6.42 Å². The topological polar surface area (TPSA) is 64.6 Å². The number of unbranched alkanes of at least 4 members (excludes halogenated alkanes) is 1. The van der Waals surface area contributed by atoms with Gasteiger partial charge >= 0.3 is 12.1 Å². The molecule has 0 heterocycles. The molecule has 0 spiro atoms. The standard InChI is InChI=1S/C9H17NO4/c1-3-5-7-13-9(12)10-14-8(11)6-4-2/h3-7H2,1-2H3,(H,10,12). The summed E-state index contributed by atoms with van der Waals surface area (Å²) in [4.78, 5) is 26.0. The summed E-state index contributed by atoms with van der Waals surface area (Å²) in [5.41, 5.74) is 1.92. The van der Waals surface area contributed by atoms with Crippen molar-refractivity contribution in [3.63, 3.8) is 0 Å². The summed E-state index contributed by atoms with van der Waals surface area (Å²) in [6.07, 6.45) is 2.00. The van der Waals surface area contributed by atoms with Crippen molar-refractivity contribution in [2.24, 2.45) is 0 Å². The van der Waals surface area contributed by atoms with E-state index in [4.69, 9.17) is 0 Å². The molecule has 1 amide bonds. The molecule has 14 heavy (non-hydrogen) atoms. The largest absolute Gasteiger partial charge is 0.447 e. The minimum absolute atomic E-state index is 0.287. The number of carbonyl (C=O) groups is 2. The van der Waals surface area contributed by atoms with Crippen LogP contribution in [-0.2, 0) is 14.4 Å². The van der Waals surface area contributed by atoms with Crippen LogP contribution in [-0.4, -0.2) is 18.7 Å². The third-order valence-electron chi connectivity index (χ3n) is 1.43. The number of nitrogens with one attached hydrogen (secondary N) is 1. The van der Waals surface area contributed by atoms with Gasteiger partial charge in [-0.1, -0.05) is 20.3 Å². The second-order valence-corrected chi connectivity index (χ2v) is 2.82. The Bertz CT molecular complexity index is 182. The molecule has 0 atom stereocenters. The van der Waals surface area contributed by atoms with E-state index in [1.165, 1.54) is 0 Å². The minimum Gasteiger partial charge on any atom is -0.447 e. The Balaban J connectivity index is 3.39. The van der Waals surface area contributed by atoms with Crippen LogP contribution in [0.15, 0.2) is 0 Å². The second kappa shape index (κ2) is 8.34. The van der Waals surface area contributed by atoms with Crippen molar-refractivity contribution in [3.8, 4) is 0 Å². The Kier molecular flexibility index (Phi) is 7.59. The van der Waals surface area contributed by atoms with E-state index in [0.29, 0.717) is 13.0 Å². The monoisotopic (exact) mass is 203 g/mol. The quantitative estimate of drug-likeness (QED) is 0.546. The van der Waals surface area contributed by atoms with E-state index in [2.05, 4.69) is 9.57 Å². The molecule has 0 saturated carbocycles. The zero-order valence-electron chi connectivity index (χ0n) is 8.67. The van der Waals surface area contributed by atoms with Crippen LogP contribution in [0.1, 0.15) is 39.5 Å². The van der Waals surface area contributed by atoms with Gasteiger partial charge in [-0.05, 0) is 12.8 Å². The third kappa shape index (κ3) is 7.39. The molecular formula is C9H17NO4. The van der Waals surface area contributed by atoms with Crippen LogP contribution in [0.25, 0.3) is 0 Å². The first-order chi connectivity index (χ1) is 6.70. The van der Waals surface area contributed by atoms with Crippen molar-refractivity contribution in [1.82, 2.24) is 5.48 Å². The maximum atomic E-state index is 10.8. The van der Waals surface area contributed by atoms with Crippen LogP contribution in [0.4, 0.5) is 4.79 Å². The van der Waals surface area contributed by atoms with Crippen molar-refractivity contribution in [2.45, 2.75) is 39.5 Å². The van der Waals surface area contributed by atoms with Crippen LogP contribution in [0.2, 0.25) is 0 Å². The number of hydroxylamine groups is 1. The van der Waals surface area contributed by atoms with E-state index in [1.807, 2.05) is 19.3 Å². The van der Waals surface area contributed by atoms with E-state index >= 15 is 0 Å². The Labute approximate surface area is 83.7 Å². The fraction of sp³-hybridized carbons (Fsp3) is 0.778. The summed E-state index contributed by atoms with van der Waals surface area (Å²) in [5, 5.41) is 0. The van der Waals surface area contributed by atoms with Gasteiger partial charge in [0.05, 0.1) is 6.61 Å². The molecule has 0 aromatic heterocycles. The Hall–Kier alpha value is -1.26. The lowest BCUT2D eigenvalue weighted by Crippen LogP contribution is -2.27. The molecule has 0 unspecified atom stereocenters. The van der Waals surface area contributed by atoms with Crippen LogP contribution in [0.5, 0.6) is 0 Å². The first-order valence-electron chi connectivity index (χ1n) is 4.83. The summed E-state index contributed by atoms with van der Waals surface area (Å²) in [6, 6.07) is 0. The van der Waals surface area contributed by atoms with Crippen molar-refractivity contribution in [3.05, 3.63) is 0 Å². The van der Waals surface area contributed by atoms with Crippen molar-refractivity contribution in [2.75, 3.05) is 6.61 Å².